The van der Waals surface area contributed by atoms with Crippen LogP contribution in [0.25, 0.3) is 0 Å². The molecule has 4 heteroatoms. The van der Waals surface area contributed by atoms with Gasteiger partial charge in [-0.3, -0.25) is 0 Å². The van der Waals surface area contributed by atoms with E-state index in [-0.39, 0.29) is 0 Å². The highest BCUT2D eigenvalue weighted by molar-refractivity contribution is 5.53. The zero-order valence-corrected chi connectivity index (χ0v) is 9.47. The fourth-order valence-corrected chi connectivity index (χ4v) is 1.62. The lowest BCUT2D eigenvalue weighted by molar-refractivity contribution is 0.416. The van der Waals surface area contributed by atoms with Crippen LogP contribution >= 0.6 is 0 Å². The molecule has 0 bridgehead atoms. The lowest BCUT2D eigenvalue weighted by Crippen LogP contribution is -2.02. The fourth-order valence-electron chi connectivity index (χ4n) is 1.62. The molecule has 2 N–H and O–H groups in total. The van der Waals surface area contributed by atoms with Crippen molar-refractivity contribution in [2.75, 3.05) is 12.8 Å². The Morgan fingerprint density at radius 2 is 2.25 bits per heavy atom. The summed E-state index contributed by atoms with van der Waals surface area (Å²) in [6.07, 6.45) is 3.75. The maximum atomic E-state index is 5.76. The Kier molecular flexibility index (Phi) is 2.81. The minimum atomic E-state index is 0.661. The minimum absolute atomic E-state index is 0.661. The van der Waals surface area contributed by atoms with Gasteiger partial charge < -0.3 is 15.0 Å². The van der Waals surface area contributed by atoms with Crippen molar-refractivity contribution in [1.29, 1.82) is 0 Å². The second-order valence-corrected chi connectivity index (χ2v) is 3.68. The first-order chi connectivity index (χ1) is 7.70. The summed E-state index contributed by atoms with van der Waals surface area (Å²) < 4.78 is 7.26. The average Bonchev–Trinajstić information content (AvgIpc) is 2.67. The van der Waals surface area contributed by atoms with E-state index in [0.29, 0.717) is 5.69 Å². The van der Waals surface area contributed by atoms with Gasteiger partial charge in [-0.2, -0.15) is 0 Å². The van der Waals surface area contributed by atoms with Crippen molar-refractivity contribution >= 4 is 5.69 Å². The molecule has 0 aliphatic heterocycles. The van der Waals surface area contributed by atoms with Gasteiger partial charge in [0.25, 0.3) is 0 Å². The van der Waals surface area contributed by atoms with Gasteiger partial charge in [-0.25, -0.2) is 4.98 Å². The Hall–Kier alpha value is -1.97. The number of aromatic nitrogens is 2. The summed E-state index contributed by atoms with van der Waals surface area (Å²) in [5.41, 5.74) is 7.57. The van der Waals surface area contributed by atoms with Crippen LogP contribution < -0.4 is 10.5 Å². The van der Waals surface area contributed by atoms with Gasteiger partial charge in [0, 0.05) is 18.9 Å². The molecule has 0 aliphatic rings. The van der Waals surface area contributed by atoms with Crippen molar-refractivity contribution in [2.24, 2.45) is 0 Å². The fraction of sp³-hybridized carbons (Fsp3) is 0.250. The summed E-state index contributed by atoms with van der Waals surface area (Å²) in [6.45, 7) is 2.76. The van der Waals surface area contributed by atoms with Crippen LogP contribution in [0.4, 0.5) is 5.69 Å². The SMILES string of the molecule is COc1cc(Cn2ccnc2C)ccc1N. The maximum absolute atomic E-state index is 5.76. The van der Waals surface area contributed by atoms with E-state index >= 15 is 0 Å². The summed E-state index contributed by atoms with van der Waals surface area (Å²) in [4.78, 5) is 4.18. The summed E-state index contributed by atoms with van der Waals surface area (Å²) in [5, 5.41) is 0. The highest BCUT2D eigenvalue weighted by Crippen LogP contribution is 2.22. The molecule has 0 radical (unpaired) electrons. The molecule has 1 aromatic heterocycles. The van der Waals surface area contributed by atoms with Gasteiger partial charge in [0.2, 0.25) is 0 Å². The second kappa shape index (κ2) is 4.26. The normalized spacial score (nSPS) is 10.4. The van der Waals surface area contributed by atoms with Crippen LogP contribution in [0.3, 0.4) is 0 Å². The molecular weight excluding hydrogens is 202 g/mol. The highest BCUT2D eigenvalue weighted by Gasteiger charge is 2.03. The molecule has 84 valence electrons. The van der Waals surface area contributed by atoms with Crippen LogP contribution in [0.15, 0.2) is 30.6 Å². The largest absolute Gasteiger partial charge is 0.495 e. The van der Waals surface area contributed by atoms with Crippen molar-refractivity contribution in [3.05, 3.63) is 42.0 Å². The number of ether oxygens (including phenoxy) is 1. The number of methoxy groups -OCH3 is 1. The number of anilines is 1. The molecule has 0 saturated carbocycles. The van der Waals surface area contributed by atoms with Crippen LogP contribution in [-0.2, 0) is 6.54 Å². The van der Waals surface area contributed by atoms with Crippen LogP contribution in [-0.4, -0.2) is 16.7 Å². The van der Waals surface area contributed by atoms with Crippen molar-refractivity contribution in [3.63, 3.8) is 0 Å². The summed E-state index contributed by atoms with van der Waals surface area (Å²) in [6, 6.07) is 5.81. The second-order valence-electron chi connectivity index (χ2n) is 3.68. The Balaban J connectivity index is 2.25. The minimum Gasteiger partial charge on any atom is -0.495 e. The van der Waals surface area contributed by atoms with E-state index in [9.17, 15) is 0 Å². The molecule has 1 heterocycles. The van der Waals surface area contributed by atoms with Gasteiger partial charge in [0.15, 0.2) is 0 Å². The van der Waals surface area contributed by atoms with E-state index < -0.39 is 0 Å². The summed E-state index contributed by atoms with van der Waals surface area (Å²) >= 11 is 0. The standard InChI is InChI=1S/C12H15N3O/c1-9-14-5-6-15(9)8-10-3-4-11(13)12(7-10)16-2/h3-7H,8,13H2,1-2H3. The maximum Gasteiger partial charge on any atom is 0.142 e. The average molecular weight is 217 g/mol. The van der Waals surface area contributed by atoms with Gasteiger partial charge >= 0.3 is 0 Å². The molecule has 1 aromatic carbocycles. The first-order valence-corrected chi connectivity index (χ1v) is 5.11. The van der Waals surface area contributed by atoms with E-state index in [0.717, 1.165) is 23.7 Å². The Morgan fingerprint density at radius 1 is 1.44 bits per heavy atom. The van der Waals surface area contributed by atoms with Gasteiger partial charge in [-0.05, 0) is 24.6 Å². The Bertz CT molecular complexity index is 491. The lowest BCUT2D eigenvalue weighted by atomic mass is 10.2. The van der Waals surface area contributed by atoms with E-state index in [1.807, 2.05) is 31.3 Å². The van der Waals surface area contributed by atoms with E-state index in [2.05, 4.69) is 9.55 Å². The van der Waals surface area contributed by atoms with Crippen LogP contribution in [0.1, 0.15) is 11.4 Å². The van der Waals surface area contributed by atoms with Crippen LogP contribution in [0.5, 0.6) is 5.75 Å². The Labute approximate surface area is 94.7 Å². The molecular formula is C12H15N3O. The van der Waals surface area contributed by atoms with Gasteiger partial charge in [0.1, 0.15) is 11.6 Å². The molecule has 0 amide bonds. The molecule has 0 atom stereocenters. The molecule has 16 heavy (non-hydrogen) atoms. The van der Waals surface area contributed by atoms with Crippen molar-refractivity contribution in [3.8, 4) is 5.75 Å². The third-order valence-electron chi connectivity index (χ3n) is 2.57. The topological polar surface area (TPSA) is 53.1 Å². The molecule has 0 spiro atoms. The number of benzene rings is 1. The summed E-state index contributed by atoms with van der Waals surface area (Å²) in [5.74, 6) is 1.71. The predicted molar refractivity (Wildman–Crippen MR) is 63.5 cm³/mol. The zero-order valence-electron chi connectivity index (χ0n) is 9.47. The number of rotatable bonds is 3. The Morgan fingerprint density at radius 3 is 2.88 bits per heavy atom. The first kappa shape index (κ1) is 10.5. The predicted octanol–water partition coefficient (Wildman–Crippen LogP) is 1.83. The third-order valence-corrected chi connectivity index (χ3v) is 2.57. The first-order valence-electron chi connectivity index (χ1n) is 5.11. The van der Waals surface area contributed by atoms with Gasteiger partial charge in [0.05, 0.1) is 12.8 Å². The van der Waals surface area contributed by atoms with E-state index in [1.54, 1.807) is 13.3 Å². The quantitative estimate of drug-likeness (QED) is 0.798. The molecule has 0 fully saturated rings. The molecule has 0 saturated heterocycles. The molecule has 0 unspecified atom stereocenters. The summed E-state index contributed by atoms with van der Waals surface area (Å²) in [7, 11) is 1.62. The molecule has 2 rings (SSSR count). The number of nitrogens with zero attached hydrogens (tertiary/aromatic N) is 2. The molecule has 4 nitrogen and oxygen atoms in total. The van der Waals surface area contributed by atoms with Crippen molar-refractivity contribution < 1.29 is 4.74 Å². The van der Waals surface area contributed by atoms with Crippen molar-refractivity contribution in [2.45, 2.75) is 13.5 Å². The lowest BCUT2D eigenvalue weighted by Gasteiger charge is -2.09. The van der Waals surface area contributed by atoms with Gasteiger partial charge in [-0.15, -0.1) is 0 Å². The third kappa shape index (κ3) is 2.00. The van der Waals surface area contributed by atoms with Crippen LogP contribution in [0.2, 0.25) is 0 Å². The number of imidazole rings is 1. The number of hydrogen-bond acceptors (Lipinski definition) is 3. The smallest absolute Gasteiger partial charge is 0.142 e. The van der Waals surface area contributed by atoms with E-state index in [1.165, 1.54) is 0 Å². The number of nitrogen functional groups attached to an aromatic ring is 1. The number of aryl methyl sites for hydroxylation is 1. The number of hydrogen-bond donors (Lipinski definition) is 1. The highest BCUT2D eigenvalue weighted by atomic mass is 16.5. The van der Waals surface area contributed by atoms with E-state index in [4.69, 9.17) is 10.5 Å². The zero-order chi connectivity index (χ0) is 11.5. The molecule has 2 aromatic rings. The van der Waals surface area contributed by atoms with Crippen molar-refractivity contribution in [1.82, 2.24) is 9.55 Å². The van der Waals surface area contributed by atoms with Gasteiger partial charge in [-0.1, -0.05) is 6.07 Å². The molecule has 0 aliphatic carbocycles. The number of nitrogens with two attached hydrogens (primary N) is 1. The monoisotopic (exact) mass is 217 g/mol. The van der Waals surface area contributed by atoms with Crippen LogP contribution in [0, 0.1) is 6.92 Å².